The number of nitrogen functional groups attached to an aromatic ring is 1. The fourth-order valence-corrected chi connectivity index (χ4v) is 3.33. The van der Waals surface area contributed by atoms with Gasteiger partial charge in [-0.3, -0.25) is 9.59 Å². The number of hydrogen-bond acceptors (Lipinski definition) is 4. The second kappa shape index (κ2) is 7.00. The molecular formula is C17H24N4O2. The molecule has 2 aliphatic rings. The van der Waals surface area contributed by atoms with Crippen molar-refractivity contribution in [3.63, 3.8) is 0 Å². The van der Waals surface area contributed by atoms with Crippen molar-refractivity contribution >= 4 is 17.5 Å². The quantitative estimate of drug-likeness (QED) is 0.710. The molecule has 2 aliphatic heterocycles. The summed E-state index contributed by atoms with van der Waals surface area (Å²) in [6.07, 6.45) is 3.00. The van der Waals surface area contributed by atoms with Crippen LogP contribution in [0.15, 0.2) is 24.3 Å². The maximum Gasteiger partial charge on any atom is 0.251 e. The number of carbonyl (C=O) groups excluding carboxylic acids is 2. The van der Waals surface area contributed by atoms with Crippen LogP contribution in [0.5, 0.6) is 0 Å². The molecule has 2 atom stereocenters. The first kappa shape index (κ1) is 15.8. The predicted octanol–water partition coefficient (Wildman–Crippen LogP) is 0.599. The number of nitrogens with two attached hydrogens (primary N) is 1. The van der Waals surface area contributed by atoms with Crippen molar-refractivity contribution in [2.45, 2.75) is 25.3 Å². The van der Waals surface area contributed by atoms with E-state index in [1.165, 1.54) is 0 Å². The zero-order valence-electron chi connectivity index (χ0n) is 13.3. The van der Waals surface area contributed by atoms with E-state index in [2.05, 4.69) is 10.6 Å². The number of nitrogens with zero attached hydrogens (tertiary/aromatic N) is 1. The summed E-state index contributed by atoms with van der Waals surface area (Å²) >= 11 is 0. The van der Waals surface area contributed by atoms with Gasteiger partial charge in [-0.15, -0.1) is 0 Å². The Morgan fingerprint density at radius 1 is 1.30 bits per heavy atom. The van der Waals surface area contributed by atoms with E-state index >= 15 is 0 Å². The second-order valence-electron chi connectivity index (χ2n) is 6.43. The van der Waals surface area contributed by atoms with Gasteiger partial charge in [-0.1, -0.05) is 6.07 Å². The number of nitrogens with one attached hydrogen (secondary N) is 2. The maximum absolute atomic E-state index is 12.4. The fraction of sp³-hybridized carbons (Fsp3) is 0.529. The Morgan fingerprint density at radius 3 is 2.83 bits per heavy atom. The van der Waals surface area contributed by atoms with Gasteiger partial charge in [-0.25, -0.2) is 0 Å². The van der Waals surface area contributed by atoms with E-state index in [0.29, 0.717) is 17.8 Å². The van der Waals surface area contributed by atoms with Gasteiger partial charge in [0, 0.05) is 37.4 Å². The van der Waals surface area contributed by atoms with Gasteiger partial charge in [0.25, 0.3) is 5.91 Å². The van der Waals surface area contributed by atoms with E-state index in [-0.39, 0.29) is 23.8 Å². The van der Waals surface area contributed by atoms with Crippen molar-refractivity contribution in [1.82, 2.24) is 15.5 Å². The molecule has 1 aromatic rings. The average Bonchev–Trinajstić information content (AvgIpc) is 3.23. The van der Waals surface area contributed by atoms with Gasteiger partial charge in [0.1, 0.15) is 0 Å². The maximum atomic E-state index is 12.4. The summed E-state index contributed by atoms with van der Waals surface area (Å²) in [4.78, 5) is 26.4. The summed E-state index contributed by atoms with van der Waals surface area (Å²) < 4.78 is 0. The lowest BCUT2D eigenvalue weighted by Crippen LogP contribution is -2.42. The number of carbonyl (C=O) groups is 2. The minimum absolute atomic E-state index is 0.0950. The number of amides is 2. The molecule has 4 N–H and O–H groups in total. The van der Waals surface area contributed by atoms with Crippen LogP contribution >= 0.6 is 0 Å². The Morgan fingerprint density at radius 2 is 2.09 bits per heavy atom. The molecule has 1 aromatic carbocycles. The molecule has 124 valence electrons. The Balaban J connectivity index is 1.46. The number of hydrogen-bond donors (Lipinski definition) is 3. The van der Waals surface area contributed by atoms with Crippen LogP contribution in [-0.2, 0) is 4.79 Å². The Bertz CT molecular complexity index is 584. The van der Waals surface area contributed by atoms with Gasteiger partial charge < -0.3 is 21.3 Å². The van der Waals surface area contributed by atoms with E-state index in [0.717, 1.165) is 38.9 Å². The van der Waals surface area contributed by atoms with Gasteiger partial charge in [-0.2, -0.15) is 0 Å². The second-order valence-corrected chi connectivity index (χ2v) is 6.43. The third kappa shape index (κ3) is 3.82. The third-order valence-corrected chi connectivity index (χ3v) is 4.64. The Kier molecular flexibility index (Phi) is 4.81. The van der Waals surface area contributed by atoms with E-state index in [4.69, 9.17) is 5.73 Å². The molecule has 2 saturated heterocycles. The first-order valence-corrected chi connectivity index (χ1v) is 8.29. The van der Waals surface area contributed by atoms with Crippen LogP contribution < -0.4 is 16.4 Å². The first-order chi connectivity index (χ1) is 11.1. The highest BCUT2D eigenvalue weighted by atomic mass is 16.2. The fourth-order valence-electron chi connectivity index (χ4n) is 3.33. The highest BCUT2D eigenvalue weighted by Gasteiger charge is 2.33. The number of anilines is 1. The minimum atomic E-state index is -0.119. The molecule has 3 rings (SSSR count). The van der Waals surface area contributed by atoms with Crippen LogP contribution in [0.2, 0.25) is 0 Å². The van der Waals surface area contributed by atoms with Crippen LogP contribution in [0.4, 0.5) is 5.69 Å². The van der Waals surface area contributed by atoms with Gasteiger partial charge >= 0.3 is 0 Å². The van der Waals surface area contributed by atoms with Crippen LogP contribution in [0.25, 0.3) is 0 Å². The van der Waals surface area contributed by atoms with Crippen molar-refractivity contribution in [2.75, 3.05) is 31.9 Å². The van der Waals surface area contributed by atoms with Gasteiger partial charge in [-0.05, 0) is 43.4 Å². The minimum Gasteiger partial charge on any atom is -0.399 e. The molecule has 6 nitrogen and oxygen atoms in total. The summed E-state index contributed by atoms with van der Waals surface area (Å²) in [5.41, 5.74) is 6.84. The lowest BCUT2D eigenvalue weighted by Gasteiger charge is -2.20. The first-order valence-electron chi connectivity index (χ1n) is 8.29. The normalized spacial score (nSPS) is 23.9. The number of benzene rings is 1. The topological polar surface area (TPSA) is 87.5 Å². The van der Waals surface area contributed by atoms with Crippen molar-refractivity contribution in [2.24, 2.45) is 5.92 Å². The van der Waals surface area contributed by atoms with Crippen molar-refractivity contribution < 1.29 is 9.59 Å². The van der Waals surface area contributed by atoms with Crippen molar-refractivity contribution in [3.05, 3.63) is 29.8 Å². The summed E-state index contributed by atoms with van der Waals surface area (Å²) in [6, 6.07) is 6.85. The Labute approximate surface area is 136 Å². The molecule has 0 bridgehead atoms. The number of rotatable bonds is 4. The van der Waals surface area contributed by atoms with Gasteiger partial charge in [0.2, 0.25) is 5.91 Å². The van der Waals surface area contributed by atoms with Gasteiger partial charge in [0.05, 0.1) is 6.04 Å². The van der Waals surface area contributed by atoms with E-state index < -0.39 is 0 Å². The van der Waals surface area contributed by atoms with E-state index in [9.17, 15) is 9.59 Å². The average molecular weight is 316 g/mol. The van der Waals surface area contributed by atoms with Gasteiger partial charge in [0.15, 0.2) is 0 Å². The zero-order chi connectivity index (χ0) is 16.2. The smallest absolute Gasteiger partial charge is 0.251 e. The zero-order valence-corrected chi connectivity index (χ0v) is 13.3. The molecule has 0 aromatic heterocycles. The molecular weight excluding hydrogens is 292 g/mol. The molecule has 0 radical (unpaired) electrons. The molecule has 1 unspecified atom stereocenters. The van der Waals surface area contributed by atoms with Crippen LogP contribution in [0.1, 0.15) is 29.6 Å². The van der Waals surface area contributed by atoms with Crippen LogP contribution in [-0.4, -0.2) is 48.9 Å². The summed E-state index contributed by atoms with van der Waals surface area (Å²) in [5, 5.41) is 6.23. The highest BCUT2D eigenvalue weighted by molar-refractivity contribution is 5.95. The predicted molar refractivity (Wildman–Crippen MR) is 88.9 cm³/mol. The molecule has 6 heteroatoms. The summed E-state index contributed by atoms with van der Waals surface area (Å²) in [6.45, 7) is 3.10. The lowest BCUT2D eigenvalue weighted by molar-refractivity contribution is -0.132. The highest BCUT2D eigenvalue weighted by Crippen LogP contribution is 2.18. The Hall–Kier alpha value is -2.08. The third-order valence-electron chi connectivity index (χ3n) is 4.64. The monoisotopic (exact) mass is 316 g/mol. The standard InChI is InChI=1S/C17H24N4O2/c18-14-5-3-4-13(9-14)16(22)20-11-12-8-15(19-10-12)17(23)21-6-1-2-7-21/h3-5,9,12,15,19H,1-2,6-8,10-11,18H2,(H,20,22)/t12?,15-/m0/s1. The SMILES string of the molecule is Nc1cccc(C(=O)NCC2CN[C@H](C(=O)N3CCCC3)C2)c1. The molecule has 2 heterocycles. The number of likely N-dealkylation sites (tertiary alicyclic amines) is 1. The molecule has 0 aliphatic carbocycles. The molecule has 2 fully saturated rings. The van der Waals surface area contributed by atoms with Crippen LogP contribution in [0.3, 0.4) is 0 Å². The summed E-state index contributed by atoms with van der Waals surface area (Å²) in [7, 11) is 0. The molecule has 2 amide bonds. The molecule has 0 saturated carbocycles. The van der Waals surface area contributed by atoms with Crippen molar-refractivity contribution in [1.29, 1.82) is 0 Å². The molecule has 0 spiro atoms. The largest absolute Gasteiger partial charge is 0.399 e. The van der Waals surface area contributed by atoms with E-state index in [1.54, 1.807) is 24.3 Å². The summed E-state index contributed by atoms with van der Waals surface area (Å²) in [5.74, 6) is 0.385. The van der Waals surface area contributed by atoms with Crippen molar-refractivity contribution in [3.8, 4) is 0 Å². The lowest BCUT2D eigenvalue weighted by atomic mass is 10.0. The van der Waals surface area contributed by atoms with E-state index in [1.807, 2.05) is 4.90 Å². The molecule has 23 heavy (non-hydrogen) atoms. The van der Waals surface area contributed by atoms with Crippen LogP contribution in [0, 0.1) is 5.92 Å².